The highest BCUT2D eigenvalue weighted by Crippen LogP contribution is 2.53. The highest BCUT2D eigenvalue weighted by atomic mass is 32.2. The molecule has 5 aliphatic rings. The summed E-state index contributed by atoms with van der Waals surface area (Å²) in [6, 6.07) is 9.15. The van der Waals surface area contributed by atoms with Crippen molar-refractivity contribution in [2.45, 2.75) is 41.2 Å². The number of ether oxygens (including phenoxy) is 3. The second-order valence-corrected chi connectivity index (χ2v) is 31.3. The minimum Gasteiger partial charge on any atom is -0.451 e. The van der Waals surface area contributed by atoms with Gasteiger partial charge in [-0.05, 0) is 67.6 Å². The van der Waals surface area contributed by atoms with Crippen LogP contribution in [-0.2, 0) is 80.0 Å². The summed E-state index contributed by atoms with van der Waals surface area (Å²) in [6.07, 6.45) is 0.762. The molecule has 0 spiro atoms. The number of hydrogen-bond donors (Lipinski definition) is 12. The fourth-order valence-corrected chi connectivity index (χ4v) is 14.9. The number of sulfone groups is 1. The maximum atomic E-state index is 14.0. The van der Waals surface area contributed by atoms with E-state index in [1.54, 1.807) is 9.80 Å². The lowest BCUT2D eigenvalue weighted by atomic mass is 10.1. The molecule has 47 heteroatoms. The Morgan fingerprint density at radius 3 is 1.49 bits per heavy atom. The normalized spacial score (nSPS) is 15.1. The molecule has 12 N–H and O–H groups in total. The average molecular weight is 1490 g/mol. The van der Waals surface area contributed by atoms with Crippen molar-refractivity contribution in [3.05, 3.63) is 71.6 Å². The SMILES string of the molecule is Cc1c2c(c(S(C)(=O)=O)c3oc4c(S(=O)(=O)O)c(=NCCNc5nc(Nc6cc(S(=O)(=O)O)ccc6S(=O)(=O)O)nc(N6CCOCC6)n5)ccc-4nc13)Nc1ccc(NCCNc3nc(Nc4cc(S(=O)(=O)O)ccc4S(=O)(=O)O)nc(N4CCOCC4)n3)c(S(=O)(=O)O)c1O2. The molecule has 2 fully saturated rings. The number of morpholine rings is 2. The smallest absolute Gasteiger partial charge is 0.300 e. The quantitative estimate of drug-likeness (QED) is 0.0262. The minimum atomic E-state index is -5.35. The van der Waals surface area contributed by atoms with Gasteiger partial charge in [0.25, 0.3) is 50.6 Å². The number of nitrogens with zero attached hydrogens (tertiary/aromatic N) is 10. The van der Waals surface area contributed by atoms with Gasteiger partial charge in [0.15, 0.2) is 42.5 Å². The number of hydrogen-bond acceptors (Lipinski definition) is 34. The van der Waals surface area contributed by atoms with Gasteiger partial charge in [0.2, 0.25) is 35.7 Å². The standard InChI is InChI=1S/C50H52N16O24S7/c1-25-36-41(90-40-28(55-36)5-7-31(43(40)97(84,85)86)52-12-14-54-46-60-48(64-50(62-46)66-17-21-88-22-18-66)58-33-24-27(93(72,73)74)4-10-35(33)95(78,79)80)44(91(2,67)68)37-38(25)89-39-29(56-37)6-8-30(42(39)96(81,82)83)51-11-13-53-45-59-47(63-49(61-45)65-15-19-87-20-16-65)57-32-23-26(92(69,70)71)3-9-34(32)94(75,76)77/h3-10,23-24,51,56H,11-22H2,1-2H3,(H,69,70,71)(H,72,73,74)(H,75,76,77)(H,78,79,80)(H,81,82,83)(H,84,85,86)(H2,53,57,59,61,63)(H2,54,58,60,62,64). The first kappa shape index (κ1) is 69.4. The van der Waals surface area contributed by atoms with E-state index in [1.165, 1.54) is 25.1 Å². The van der Waals surface area contributed by atoms with Crippen LogP contribution in [0.4, 0.5) is 64.1 Å². The van der Waals surface area contributed by atoms with Gasteiger partial charge in [-0.25, -0.2) is 13.4 Å². The largest absolute Gasteiger partial charge is 0.451 e. The Hall–Kier alpha value is -8.95. The van der Waals surface area contributed by atoms with Crippen LogP contribution < -0.4 is 51.8 Å². The Labute approximate surface area is 549 Å². The van der Waals surface area contributed by atoms with E-state index in [0.29, 0.717) is 18.2 Å². The van der Waals surface area contributed by atoms with Gasteiger partial charge >= 0.3 is 10.1 Å². The molecule has 2 aromatic heterocycles. The maximum Gasteiger partial charge on any atom is 0.300 e. The predicted molar refractivity (Wildman–Crippen MR) is 338 cm³/mol. The van der Waals surface area contributed by atoms with Crippen LogP contribution in [0.5, 0.6) is 11.5 Å². The zero-order valence-electron chi connectivity index (χ0n) is 49.6. The summed E-state index contributed by atoms with van der Waals surface area (Å²) in [4.78, 5) is 32.5. The predicted octanol–water partition coefficient (Wildman–Crippen LogP) is 2.04. The maximum absolute atomic E-state index is 14.0. The van der Waals surface area contributed by atoms with Crippen LogP contribution in [0.3, 0.4) is 0 Å². The molecular formula is C50H52N16O24S7. The van der Waals surface area contributed by atoms with Crippen LogP contribution in [0.25, 0.3) is 22.6 Å². The number of aryl methyl sites for hydroxylation is 1. The van der Waals surface area contributed by atoms with Crippen molar-refractivity contribution in [2.24, 2.45) is 4.99 Å². The molecule has 6 aromatic rings. The number of anilines is 11. The molecule has 0 unspecified atom stereocenters. The van der Waals surface area contributed by atoms with Gasteiger partial charge in [0.1, 0.15) is 31.6 Å². The zero-order valence-corrected chi connectivity index (χ0v) is 55.3. The molecule has 40 nitrogen and oxygen atoms in total. The van der Waals surface area contributed by atoms with Crippen molar-refractivity contribution in [3.63, 3.8) is 0 Å². The summed E-state index contributed by atoms with van der Waals surface area (Å²) in [5.41, 5.74) is -3.15. The Morgan fingerprint density at radius 1 is 0.515 bits per heavy atom. The van der Waals surface area contributed by atoms with E-state index in [0.717, 1.165) is 30.5 Å². The summed E-state index contributed by atoms with van der Waals surface area (Å²) in [5.74, 6) is -2.73. The molecule has 0 atom stereocenters. The fourth-order valence-electron chi connectivity index (χ4n) is 10.1. The summed E-state index contributed by atoms with van der Waals surface area (Å²) in [5, 5.41) is 16.1. The van der Waals surface area contributed by atoms with Crippen molar-refractivity contribution < 1.29 is 105 Å². The number of nitrogens with one attached hydrogen (secondary N) is 6. The second kappa shape index (κ2) is 26.1. The Balaban J connectivity index is 0.876. The molecule has 0 radical (unpaired) electrons. The van der Waals surface area contributed by atoms with E-state index in [2.05, 4.69) is 71.8 Å². The van der Waals surface area contributed by atoms with Gasteiger partial charge in [0, 0.05) is 57.6 Å². The minimum absolute atomic E-state index is 0.000961. The monoisotopic (exact) mass is 1480 g/mol. The highest BCUT2D eigenvalue weighted by Gasteiger charge is 2.37. The van der Waals surface area contributed by atoms with Crippen molar-refractivity contribution in [1.29, 1.82) is 0 Å². The molecule has 0 amide bonds. The van der Waals surface area contributed by atoms with E-state index in [1.807, 2.05) is 0 Å². The first-order valence-corrected chi connectivity index (χ1v) is 38.3. The average Bonchev–Trinajstić information content (AvgIpc) is 0.714. The van der Waals surface area contributed by atoms with Crippen LogP contribution >= 0.6 is 0 Å². The lowest BCUT2D eigenvalue weighted by Gasteiger charge is -2.28. The van der Waals surface area contributed by atoms with Crippen molar-refractivity contribution in [2.75, 3.05) is 127 Å². The molecule has 0 saturated carbocycles. The first-order valence-electron chi connectivity index (χ1n) is 27.7. The second-order valence-electron chi connectivity index (χ2n) is 21.0. The molecule has 97 heavy (non-hydrogen) atoms. The van der Waals surface area contributed by atoms with E-state index in [-0.39, 0.29) is 148 Å². The van der Waals surface area contributed by atoms with E-state index in [9.17, 15) is 86.2 Å². The van der Waals surface area contributed by atoms with Crippen LogP contribution in [0, 0.1) is 6.92 Å². The Kier molecular flexibility index (Phi) is 18.7. The number of aromatic nitrogens is 7. The first-order chi connectivity index (χ1) is 45.4. The fraction of sp³-hybridized carbons (Fsp3) is 0.280. The van der Waals surface area contributed by atoms with E-state index >= 15 is 0 Å². The summed E-state index contributed by atoms with van der Waals surface area (Å²) >= 11 is 0. The molecular weight excluding hydrogens is 1430 g/mol. The third-order valence-corrected chi connectivity index (χ3v) is 20.8. The Morgan fingerprint density at radius 2 is 1.01 bits per heavy atom. The van der Waals surface area contributed by atoms with Gasteiger partial charge in [-0.3, -0.25) is 32.3 Å². The number of fused-ring (bicyclic) bond motifs is 4. The third kappa shape index (κ3) is 15.3. The van der Waals surface area contributed by atoms with E-state index < -0.39 is 145 Å². The van der Waals surface area contributed by atoms with Crippen LogP contribution in [0.2, 0.25) is 0 Å². The molecule has 11 rings (SSSR count). The van der Waals surface area contributed by atoms with Crippen LogP contribution in [0.1, 0.15) is 5.56 Å². The highest BCUT2D eigenvalue weighted by molar-refractivity contribution is 7.91. The van der Waals surface area contributed by atoms with Crippen LogP contribution in [-0.4, -0.2) is 206 Å². The topological polar surface area (TPSA) is 582 Å². The molecule has 1 aliphatic carbocycles. The molecule has 2 saturated heterocycles. The zero-order chi connectivity index (χ0) is 70.0. The summed E-state index contributed by atoms with van der Waals surface area (Å²) in [6.45, 7) is 2.57. The van der Waals surface area contributed by atoms with Crippen molar-refractivity contribution >= 4 is 146 Å². The number of rotatable bonds is 22. The van der Waals surface area contributed by atoms with E-state index in [4.69, 9.17) is 18.6 Å². The Bertz CT molecular complexity index is 5430. The van der Waals surface area contributed by atoms with Crippen molar-refractivity contribution in [3.8, 4) is 23.0 Å². The lowest BCUT2D eigenvalue weighted by Crippen LogP contribution is -2.37. The summed E-state index contributed by atoms with van der Waals surface area (Å²) < 4.78 is 263. The molecule has 518 valence electrons. The van der Waals surface area contributed by atoms with Crippen molar-refractivity contribution in [1.82, 2.24) is 34.9 Å². The van der Waals surface area contributed by atoms with Gasteiger partial charge < -0.3 is 60.3 Å². The van der Waals surface area contributed by atoms with Gasteiger partial charge in [-0.1, -0.05) is 0 Å². The third-order valence-electron chi connectivity index (χ3n) is 14.3. The van der Waals surface area contributed by atoms with Crippen LogP contribution in [0.15, 0.2) is 104 Å². The molecule has 6 heterocycles. The van der Waals surface area contributed by atoms with Gasteiger partial charge in [-0.15, -0.1) is 0 Å². The molecule has 0 bridgehead atoms. The molecule has 4 aromatic carbocycles. The number of benzene rings is 5. The van der Waals surface area contributed by atoms with Gasteiger partial charge in [0.05, 0.1) is 70.9 Å². The van der Waals surface area contributed by atoms with Gasteiger partial charge in [-0.2, -0.15) is 80.4 Å². The lowest BCUT2D eigenvalue weighted by molar-refractivity contribution is 0.122. The molecule has 4 aliphatic heterocycles. The summed E-state index contributed by atoms with van der Waals surface area (Å²) in [7, 11) is -35.0.